The third kappa shape index (κ3) is 3.30. The van der Waals surface area contributed by atoms with E-state index in [0.717, 1.165) is 5.69 Å². The van der Waals surface area contributed by atoms with Gasteiger partial charge in [0.05, 0.1) is 18.1 Å². The van der Waals surface area contributed by atoms with Crippen LogP contribution in [-0.4, -0.2) is 53.1 Å². The van der Waals surface area contributed by atoms with Crippen LogP contribution in [0.5, 0.6) is 0 Å². The summed E-state index contributed by atoms with van der Waals surface area (Å²) in [4.78, 5) is 35.0. The van der Waals surface area contributed by atoms with Crippen molar-refractivity contribution in [2.24, 2.45) is 0 Å². The van der Waals surface area contributed by atoms with E-state index in [2.05, 4.69) is 9.97 Å². The Bertz CT molecular complexity index is 756. The summed E-state index contributed by atoms with van der Waals surface area (Å²) in [5, 5.41) is 0.184. The lowest BCUT2D eigenvalue weighted by atomic mass is 10.2. The Labute approximate surface area is 143 Å². The molecule has 2 amide bonds. The summed E-state index contributed by atoms with van der Waals surface area (Å²) in [7, 11) is 1.61. The van der Waals surface area contributed by atoms with Crippen molar-refractivity contribution in [3.63, 3.8) is 0 Å². The van der Waals surface area contributed by atoms with Crippen molar-refractivity contribution in [1.82, 2.24) is 14.9 Å². The van der Waals surface area contributed by atoms with Gasteiger partial charge in [-0.3, -0.25) is 9.69 Å². The van der Waals surface area contributed by atoms with Crippen LogP contribution in [0.3, 0.4) is 0 Å². The minimum atomic E-state index is -0.424. The molecule has 1 aliphatic rings. The SMILES string of the molecule is CN(CC1CN(c2ccccc2)C(=O)O1)C(=O)c1ncncc1Cl. The minimum absolute atomic E-state index is 0.124. The van der Waals surface area contributed by atoms with Gasteiger partial charge in [0.1, 0.15) is 18.1 Å². The second-order valence-corrected chi connectivity index (χ2v) is 5.76. The van der Waals surface area contributed by atoms with Crippen LogP contribution in [0.4, 0.5) is 10.5 Å². The highest BCUT2D eigenvalue weighted by Gasteiger charge is 2.34. The van der Waals surface area contributed by atoms with Gasteiger partial charge in [-0.15, -0.1) is 0 Å². The highest BCUT2D eigenvalue weighted by molar-refractivity contribution is 6.33. The number of amides is 2. The Kier molecular flexibility index (Phi) is 4.61. The molecule has 0 saturated carbocycles. The summed E-state index contributed by atoms with van der Waals surface area (Å²) < 4.78 is 5.34. The van der Waals surface area contributed by atoms with E-state index < -0.39 is 12.2 Å². The van der Waals surface area contributed by atoms with Gasteiger partial charge in [0, 0.05) is 18.9 Å². The number of hydrogen-bond donors (Lipinski definition) is 0. The molecule has 1 unspecified atom stereocenters. The summed E-state index contributed by atoms with van der Waals surface area (Å²) in [6.07, 6.45) is 1.78. The van der Waals surface area contributed by atoms with Gasteiger partial charge in [-0.05, 0) is 12.1 Å². The molecule has 8 heteroatoms. The number of benzene rings is 1. The number of hydrogen-bond acceptors (Lipinski definition) is 5. The molecule has 1 aliphatic heterocycles. The molecular weight excluding hydrogens is 332 g/mol. The van der Waals surface area contributed by atoms with Crippen LogP contribution in [0.15, 0.2) is 42.9 Å². The predicted molar refractivity (Wildman–Crippen MR) is 88.1 cm³/mol. The number of rotatable bonds is 4. The number of cyclic esters (lactones) is 1. The van der Waals surface area contributed by atoms with Gasteiger partial charge in [-0.25, -0.2) is 14.8 Å². The molecular formula is C16H15ClN4O3. The molecule has 1 aromatic heterocycles. The third-order valence-electron chi connectivity index (χ3n) is 3.64. The molecule has 0 aliphatic carbocycles. The van der Waals surface area contributed by atoms with Crippen LogP contribution in [0, 0.1) is 0 Å². The van der Waals surface area contributed by atoms with E-state index in [1.807, 2.05) is 30.3 Å². The smallest absolute Gasteiger partial charge is 0.414 e. The fourth-order valence-electron chi connectivity index (χ4n) is 2.47. The zero-order valence-electron chi connectivity index (χ0n) is 12.9. The van der Waals surface area contributed by atoms with Gasteiger partial charge in [-0.1, -0.05) is 29.8 Å². The number of para-hydroxylation sites is 1. The maximum atomic E-state index is 12.4. The Hall–Kier alpha value is -2.67. The molecule has 2 aromatic rings. The summed E-state index contributed by atoms with van der Waals surface area (Å²) in [6, 6.07) is 9.24. The maximum Gasteiger partial charge on any atom is 0.414 e. The average molecular weight is 347 g/mol. The van der Waals surface area contributed by atoms with E-state index in [4.69, 9.17) is 16.3 Å². The first-order chi connectivity index (χ1) is 11.6. The Morgan fingerprint density at radius 1 is 1.42 bits per heavy atom. The van der Waals surface area contributed by atoms with Crippen LogP contribution in [-0.2, 0) is 4.74 Å². The first-order valence-corrected chi connectivity index (χ1v) is 7.68. The Morgan fingerprint density at radius 2 is 2.17 bits per heavy atom. The summed E-state index contributed by atoms with van der Waals surface area (Å²) in [6.45, 7) is 0.617. The molecule has 1 aromatic carbocycles. The van der Waals surface area contributed by atoms with Crippen molar-refractivity contribution in [3.05, 3.63) is 53.6 Å². The molecule has 2 heterocycles. The molecule has 0 radical (unpaired) electrons. The lowest BCUT2D eigenvalue weighted by Gasteiger charge is -2.20. The number of carbonyl (C=O) groups is 2. The normalized spacial score (nSPS) is 16.8. The largest absolute Gasteiger partial charge is 0.442 e. The Morgan fingerprint density at radius 3 is 2.88 bits per heavy atom. The summed E-state index contributed by atoms with van der Waals surface area (Å²) >= 11 is 5.94. The van der Waals surface area contributed by atoms with Gasteiger partial charge in [0.15, 0.2) is 0 Å². The molecule has 0 spiro atoms. The van der Waals surface area contributed by atoms with Crippen LogP contribution in [0.1, 0.15) is 10.5 Å². The number of carbonyl (C=O) groups excluding carboxylic acids is 2. The molecule has 1 fully saturated rings. The monoisotopic (exact) mass is 346 g/mol. The van der Waals surface area contributed by atoms with E-state index >= 15 is 0 Å². The summed E-state index contributed by atoms with van der Waals surface area (Å²) in [5.41, 5.74) is 0.885. The summed E-state index contributed by atoms with van der Waals surface area (Å²) in [5.74, 6) is -0.350. The fraction of sp³-hybridized carbons (Fsp3) is 0.250. The van der Waals surface area contributed by atoms with E-state index in [0.29, 0.717) is 6.54 Å². The molecule has 0 bridgehead atoms. The average Bonchev–Trinajstić information content (AvgIpc) is 2.95. The lowest BCUT2D eigenvalue weighted by molar-refractivity contribution is 0.0689. The molecule has 3 rings (SSSR count). The number of ether oxygens (including phenoxy) is 1. The quantitative estimate of drug-likeness (QED) is 0.848. The van der Waals surface area contributed by atoms with Crippen LogP contribution >= 0.6 is 11.6 Å². The zero-order chi connectivity index (χ0) is 17.1. The lowest BCUT2D eigenvalue weighted by Crippen LogP contribution is -2.36. The molecule has 1 saturated heterocycles. The fourth-order valence-corrected chi connectivity index (χ4v) is 2.66. The number of aromatic nitrogens is 2. The second kappa shape index (κ2) is 6.84. The van der Waals surface area contributed by atoms with Crippen LogP contribution < -0.4 is 4.90 Å². The number of nitrogens with zero attached hydrogens (tertiary/aromatic N) is 4. The van der Waals surface area contributed by atoms with Crippen molar-refractivity contribution >= 4 is 29.3 Å². The van der Waals surface area contributed by atoms with E-state index in [-0.39, 0.29) is 23.2 Å². The Balaban J connectivity index is 1.66. The second-order valence-electron chi connectivity index (χ2n) is 5.36. The minimum Gasteiger partial charge on any atom is -0.442 e. The molecule has 1 atom stereocenters. The number of halogens is 1. The van der Waals surface area contributed by atoms with E-state index in [1.54, 1.807) is 11.9 Å². The van der Waals surface area contributed by atoms with Crippen molar-refractivity contribution in [2.45, 2.75) is 6.10 Å². The number of anilines is 1. The third-order valence-corrected chi connectivity index (χ3v) is 3.91. The van der Waals surface area contributed by atoms with Gasteiger partial charge < -0.3 is 9.64 Å². The van der Waals surface area contributed by atoms with Crippen molar-refractivity contribution in [1.29, 1.82) is 0 Å². The van der Waals surface area contributed by atoms with Crippen molar-refractivity contribution < 1.29 is 14.3 Å². The van der Waals surface area contributed by atoms with Gasteiger partial charge >= 0.3 is 6.09 Å². The topological polar surface area (TPSA) is 75.6 Å². The number of likely N-dealkylation sites (N-methyl/N-ethyl adjacent to an activating group) is 1. The highest BCUT2D eigenvalue weighted by Crippen LogP contribution is 2.22. The van der Waals surface area contributed by atoms with Crippen molar-refractivity contribution in [3.8, 4) is 0 Å². The molecule has 7 nitrogen and oxygen atoms in total. The van der Waals surface area contributed by atoms with Gasteiger partial charge in [0.25, 0.3) is 5.91 Å². The van der Waals surface area contributed by atoms with Crippen LogP contribution in [0.25, 0.3) is 0 Å². The molecule has 0 N–H and O–H groups in total. The first kappa shape index (κ1) is 16.2. The highest BCUT2D eigenvalue weighted by atomic mass is 35.5. The zero-order valence-corrected chi connectivity index (χ0v) is 13.7. The van der Waals surface area contributed by atoms with Gasteiger partial charge in [-0.2, -0.15) is 0 Å². The predicted octanol–water partition coefficient (Wildman–Crippen LogP) is 2.23. The van der Waals surface area contributed by atoms with Gasteiger partial charge in [0.2, 0.25) is 0 Å². The van der Waals surface area contributed by atoms with Crippen LogP contribution in [0.2, 0.25) is 5.02 Å². The molecule has 24 heavy (non-hydrogen) atoms. The maximum absolute atomic E-state index is 12.4. The first-order valence-electron chi connectivity index (χ1n) is 7.30. The van der Waals surface area contributed by atoms with E-state index in [9.17, 15) is 9.59 Å². The van der Waals surface area contributed by atoms with E-state index in [1.165, 1.54) is 17.4 Å². The molecule has 124 valence electrons. The van der Waals surface area contributed by atoms with Crippen molar-refractivity contribution in [2.75, 3.05) is 25.0 Å². The standard InChI is InChI=1S/C16H15ClN4O3/c1-20(15(22)14-13(17)7-18-10-19-14)8-12-9-21(16(23)24-12)11-5-3-2-4-6-11/h2-7,10,12H,8-9H2,1H3.